The summed E-state index contributed by atoms with van der Waals surface area (Å²) in [5.41, 5.74) is 2.23. The van der Waals surface area contributed by atoms with E-state index in [1.165, 1.54) is 30.3 Å². The molecule has 1 heterocycles. The number of hydrogen-bond donors (Lipinski definition) is 1. The molecule has 0 radical (unpaired) electrons. The summed E-state index contributed by atoms with van der Waals surface area (Å²) >= 11 is 0. The predicted molar refractivity (Wildman–Crippen MR) is 89.6 cm³/mol. The number of carbonyl (C=O) groups is 1. The second kappa shape index (κ2) is 7.32. The standard InChI is InChI=1S/C18H15FN4O/c19-15-6-8-16(9-7-15)20-18(24)11-10-17-13-23(22-21-17)12-14-4-2-1-3-5-14/h1-11,13H,12H2,(H,20,24)/b11-10+. The number of amides is 1. The summed E-state index contributed by atoms with van der Waals surface area (Å²) in [5.74, 6) is -0.669. The number of nitrogens with one attached hydrogen (secondary N) is 1. The highest BCUT2D eigenvalue weighted by Gasteiger charge is 2.01. The third kappa shape index (κ3) is 4.36. The first-order valence-electron chi connectivity index (χ1n) is 7.38. The van der Waals surface area contributed by atoms with Crippen LogP contribution in [0.4, 0.5) is 10.1 Å². The smallest absolute Gasteiger partial charge is 0.248 e. The van der Waals surface area contributed by atoms with Gasteiger partial charge >= 0.3 is 0 Å². The van der Waals surface area contributed by atoms with Gasteiger partial charge in [0.25, 0.3) is 0 Å². The Balaban J connectivity index is 1.58. The van der Waals surface area contributed by atoms with Crippen LogP contribution in [0.3, 0.4) is 0 Å². The molecular weight excluding hydrogens is 307 g/mol. The predicted octanol–water partition coefficient (Wildman–Crippen LogP) is 3.12. The number of aromatic nitrogens is 3. The Morgan fingerprint density at radius 1 is 1.12 bits per heavy atom. The first-order chi connectivity index (χ1) is 11.7. The van der Waals surface area contributed by atoms with Crippen LogP contribution in [0.25, 0.3) is 6.08 Å². The molecule has 5 nitrogen and oxygen atoms in total. The van der Waals surface area contributed by atoms with Crippen molar-refractivity contribution >= 4 is 17.7 Å². The number of rotatable bonds is 5. The van der Waals surface area contributed by atoms with Crippen molar-refractivity contribution in [2.75, 3.05) is 5.32 Å². The molecule has 3 rings (SSSR count). The minimum absolute atomic E-state index is 0.320. The van der Waals surface area contributed by atoms with Crippen LogP contribution in [0.5, 0.6) is 0 Å². The molecule has 0 aliphatic rings. The van der Waals surface area contributed by atoms with Crippen molar-refractivity contribution in [1.29, 1.82) is 0 Å². The van der Waals surface area contributed by atoms with Crippen molar-refractivity contribution in [2.45, 2.75) is 6.54 Å². The highest BCUT2D eigenvalue weighted by Crippen LogP contribution is 2.08. The Bertz CT molecular complexity index is 841. The van der Waals surface area contributed by atoms with Crippen LogP contribution in [0, 0.1) is 5.82 Å². The normalized spacial score (nSPS) is 10.9. The molecule has 0 atom stereocenters. The van der Waals surface area contributed by atoms with Crippen molar-refractivity contribution in [2.24, 2.45) is 0 Å². The number of nitrogens with zero attached hydrogens (tertiary/aromatic N) is 3. The van der Waals surface area contributed by atoms with Crippen LogP contribution in [0.15, 0.2) is 66.9 Å². The number of halogens is 1. The second-order valence-corrected chi connectivity index (χ2v) is 5.16. The van der Waals surface area contributed by atoms with Crippen molar-refractivity contribution in [3.63, 3.8) is 0 Å². The van der Waals surface area contributed by atoms with Crippen molar-refractivity contribution in [3.8, 4) is 0 Å². The van der Waals surface area contributed by atoms with Crippen LogP contribution < -0.4 is 5.32 Å². The van der Waals surface area contributed by atoms with E-state index >= 15 is 0 Å². The Morgan fingerprint density at radius 3 is 2.62 bits per heavy atom. The maximum absolute atomic E-state index is 12.8. The molecule has 0 unspecified atom stereocenters. The lowest BCUT2D eigenvalue weighted by molar-refractivity contribution is -0.111. The molecule has 0 aliphatic heterocycles. The van der Waals surface area contributed by atoms with Crippen LogP contribution >= 0.6 is 0 Å². The quantitative estimate of drug-likeness (QED) is 0.734. The molecule has 2 aromatic carbocycles. The number of anilines is 1. The first-order valence-corrected chi connectivity index (χ1v) is 7.38. The zero-order chi connectivity index (χ0) is 16.8. The van der Waals surface area contributed by atoms with Gasteiger partial charge in [-0.05, 0) is 35.9 Å². The van der Waals surface area contributed by atoms with Gasteiger partial charge in [-0.15, -0.1) is 5.10 Å². The largest absolute Gasteiger partial charge is 0.323 e. The van der Waals surface area contributed by atoms with Gasteiger partial charge in [-0.25, -0.2) is 9.07 Å². The topological polar surface area (TPSA) is 59.8 Å². The zero-order valence-corrected chi connectivity index (χ0v) is 12.8. The first kappa shape index (κ1) is 15.6. The third-order valence-corrected chi connectivity index (χ3v) is 3.26. The number of benzene rings is 2. The maximum Gasteiger partial charge on any atom is 0.248 e. The fraction of sp³-hybridized carbons (Fsp3) is 0.0556. The molecule has 1 N–H and O–H groups in total. The van der Waals surface area contributed by atoms with E-state index in [0.29, 0.717) is 17.9 Å². The minimum Gasteiger partial charge on any atom is -0.323 e. The molecule has 1 aromatic heterocycles. The summed E-state index contributed by atoms with van der Waals surface area (Å²) in [6.07, 6.45) is 4.70. The molecule has 6 heteroatoms. The lowest BCUT2D eigenvalue weighted by Crippen LogP contribution is -2.07. The van der Waals surface area contributed by atoms with E-state index < -0.39 is 0 Å². The molecule has 120 valence electrons. The molecule has 1 amide bonds. The lowest BCUT2D eigenvalue weighted by atomic mass is 10.2. The van der Waals surface area contributed by atoms with Gasteiger partial charge in [-0.2, -0.15) is 0 Å². The van der Waals surface area contributed by atoms with Gasteiger partial charge in [0.15, 0.2) is 0 Å². The maximum atomic E-state index is 12.8. The number of hydrogen-bond acceptors (Lipinski definition) is 3. The molecule has 0 aliphatic carbocycles. The molecule has 3 aromatic rings. The van der Waals surface area contributed by atoms with Crippen molar-refractivity contribution in [3.05, 3.63) is 83.9 Å². The Labute approximate surface area is 138 Å². The molecular formula is C18H15FN4O. The highest BCUT2D eigenvalue weighted by molar-refractivity contribution is 6.01. The average molecular weight is 322 g/mol. The molecule has 0 saturated heterocycles. The number of carbonyl (C=O) groups excluding carboxylic acids is 1. The van der Waals surface area contributed by atoms with Crippen LogP contribution in [-0.4, -0.2) is 20.9 Å². The Kier molecular flexibility index (Phi) is 4.76. The van der Waals surface area contributed by atoms with Crippen molar-refractivity contribution < 1.29 is 9.18 Å². The van der Waals surface area contributed by atoms with E-state index in [-0.39, 0.29) is 11.7 Å². The van der Waals surface area contributed by atoms with Crippen molar-refractivity contribution in [1.82, 2.24) is 15.0 Å². The van der Waals surface area contributed by atoms with Crippen LogP contribution in [0.2, 0.25) is 0 Å². The van der Waals surface area contributed by atoms with Crippen LogP contribution in [0.1, 0.15) is 11.3 Å². The van der Waals surface area contributed by atoms with Gasteiger partial charge in [0.1, 0.15) is 11.5 Å². The van der Waals surface area contributed by atoms with E-state index in [1.54, 1.807) is 17.0 Å². The second-order valence-electron chi connectivity index (χ2n) is 5.16. The minimum atomic E-state index is -0.349. The average Bonchev–Trinajstić information content (AvgIpc) is 3.03. The monoisotopic (exact) mass is 322 g/mol. The highest BCUT2D eigenvalue weighted by atomic mass is 19.1. The molecule has 24 heavy (non-hydrogen) atoms. The SMILES string of the molecule is O=C(/C=C/c1cn(Cc2ccccc2)nn1)Nc1ccc(F)cc1. The molecule has 0 spiro atoms. The fourth-order valence-corrected chi connectivity index (χ4v) is 2.12. The van der Waals surface area contributed by atoms with Gasteiger partial charge in [-0.3, -0.25) is 4.79 Å². The van der Waals surface area contributed by atoms with Gasteiger partial charge in [0.05, 0.1) is 12.7 Å². The van der Waals surface area contributed by atoms with E-state index in [2.05, 4.69) is 15.6 Å². The summed E-state index contributed by atoms with van der Waals surface area (Å²) in [6.45, 7) is 0.615. The Morgan fingerprint density at radius 2 is 1.88 bits per heavy atom. The summed E-state index contributed by atoms with van der Waals surface area (Å²) in [7, 11) is 0. The fourth-order valence-electron chi connectivity index (χ4n) is 2.12. The van der Waals surface area contributed by atoms with Gasteiger partial charge < -0.3 is 5.32 Å². The third-order valence-electron chi connectivity index (χ3n) is 3.26. The van der Waals surface area contributed by atoms with E-state index in [0.717, 1.165) is 5.56 Å². The Hall–Kier alpha value is -3.28. The summed E-state index contributed by atoms with van der Waals surface area (Å²) in [6, 6.07) is 15.5. The molecule has 0 bridgehead atoms. The molecule has 0 fully saturated rings. The lowest BCUT2D eigenvalue weighted by Gasteiger charge is -2.00. The van der Waals surface area contributed by atoms with E-state index in [4.69, 9.17) is 0 Å². The van der Waals surface area contributed by atoms with Crippen LogP contribution in [-0.2, 0) is 11.3 Å². The molecule has 0 saturated carbocycles. The summed E-state index contributed by atoms with van der Waals surface area (Å²) < 4.78 is 14.5. The van der Waals surface area contributed by atoms with Gasteiger partial charge in [0.2, 0.25) is 5.91 Å². The summed E-state index contributed by atoms with van der Waals surface area (Å²) in [4.78, 5) is 11.8. The van der Waals surface area contributed by atoms with Gasteiger partial charge in [0, 0.05) is 11.8 Å². The summed E-state index contributed by atoms with van der Waals surface area (Å²) in [5, 5.41) is 10.7. The zero-order valence-electron chi connectivity index (χ0n) is 12.8. The van der Waals surface area contributed by atoms with E-state index in [9.17, 15) is 9.18 Å². The van der Waals surface area contributed by atoms with E-state index in [1.807, 2.05) is 30.3 Å². The van der Waals surface area contributed by atoms with Gasteiger partial charge in [-0.1, -0.05) is 35.5 Å².